The van der Waals surface area contributed by atoms with E-state index in [-0.39, 0.29) is 5.91 Å². The number of amides is 1. The summed E-state index contributed by atoms with van der Waals surface area (Å²) in [5.74, 6) is -0.0869. The molecule has 2 heterocycles. The highest BCUT2D eigenvalue weighted by Gasteiger charge is 2.15. The molecule has 0 unspecified atom stereocenters. The van der Waals surface area contributed by atoms with Crippen LogP contribution in [0.25, 0.3) is 16.3 Å². The van der Waals surface area contributed by atoms with Gasteiger partial charge in [0.2, 0.25) is 5.13 Å². The molecule has 0 saturated heterocycles. The third kappa shape index (κ3) is 3.84. The van der Waals surface area contributed by atoms with E-state index in [1.165, 1.54) is 22.5 Å². The van der Waals surface area contributed by atoms with Crippen LogP contribution < -0.4 is 11.1 Å². The van der Waals surface area contributed by atoms with Gasteiger partial charge in [0.25, 0.3) is 5.91 Å². The smallest absolute Gasteiger partial charge is 0.251 e. The second kappa shape index (κ2) is 7.85. The van der Waals surface area contributed by atoms with Crippen molar-refractivity contribution in [2.45, 2.75) is 12.8 Å². The van der Waals surface area contributed by atoms with Crippen molar-refractivity contribution in [3.05, 3.63) is 58.6 Å². The molecule has 4 rings (SSSR count). The number of nitrogens with two attached hydrogens (primary N) is 1. The maximum absolute atomic E-state index is 12.7. The van der Waals surface area contributed by atoms with Crippen molar-refractivity contribution >= 4 is 38.7 Å². The van der Waals surface area contributed by atoms with Gasteiger partial charge in [-0.2, -0.15) is 0 Å². The van der Waals surface area contributed by atoms with Gasteiger partial charge in [0.05, 0.1) is 13.2 Å². The van der Waals surface area contributed by atoms with E-state index in [1.807, 2.05) is 30.3 Å². The van der Waals surface area contributed by atoms with Gasteiger partial charge in [0.1, 0.15) is 5.01 Å². The van der Waals surface area contributed by atoms with Crippen LogP contribution in [-0.2, 0) is 11.2 Å². The second-order valence-corrected chi connectivity index (χ2v) is 7.39. The van der Waals surface area contributed by atoms with Crippen LogP contribution in [-0.4, -0.2) is 35.9 Å². The molecule has 0 aliphatic carbocycles. The summed E-state index contributed by atoms with van der Waals surface area (Å²) in [5, 5.41) is 14.0. The Labute approximate surface area is 161 Å². The standard InChI is InChI=1S/C20H20N4O2S/c21-20-24-23-18(27-20)7-10-22-19(25)17-6-5-14(13-8-11-26-12-9-13)15-3-1-2-4-16(15)17/h1-6,8H,7,9-12H2,(H2,21,24)(H,22,25). The first-order chi connectivity index (χ1) is 13.2. The van der Waals surface area contributed by atoms with E-state index in [0.29, 0.717) is 30.3 Å². The minimum atomic E-state index is -0.0869. The maximum atomic E-state index is 12.7. The maximum Gasteiger partial charge on any atom is 0.251 e. The minimum absolute atomic E-state index is 0.0869. The first-order valence-corrected chi connectivity index (χ1v) is 9.69. The molecule has 1 aromatic heterocycles. The number of nitrogens with zero attached hydrogens (tertiary/aromatic N) is 2. The molecule has 7 heteroatoms. The van der Waals surface area contributed by atoms with Crippen molar-refractivity contribution in [1.82, 2.24) is 15.5 Å². The number of fused-ring (bicyclic) bond motifs is 1. The molecule has 27 heavy (non-hydrogen) atoms. The van der Waals surface area contributed by atoms with Crippen LogP contribution in [0, 0.1) is 0 Å². The van der Waals surface area contributed by atoms with Crippen molar-refractivity contribution in [2.24, 2.45) is 0 Å². The van der Waals surface area contributed by atoms with Crippen molar-refractivity contribution in [1.29, 1.82) is 0 Å². The quantitative estimate of drug-likeness (QED) is 0.710. The average Bonchev–Trinajstić information content (AvgIpc) is 3.12. The lowest BCUT2D eigenvalue weighted by Gasteiger charge is -2.17. The molecule has 2 aromatic carbocycles. The van der Waals surface area contributed by atoms with E-state index in [9.17, 15) is 4.79 Å². The predicted molar refractivity (Wildman–Crippen MR) is 108 cm³/mol. The number of hydrogen-bond donors (Lipinski definition) is 2. The first kappa shape index (κ1) is 17.6. The number of hydrogen-bond acceptors (Lipinski definition) is 6. The number of carbonyl (C=O) groups is 1. The Hall–Kier alpha value is -2.77. The zero-order valence-electron chi connectivity index (χ0n) is 14.8. The lowest BCUT2D eigenvalue weighted by molar-refractivity contribution is 0.0955. The average molecular weight is 380 g/mol. The van der Waals surface area contributed by atoms with Crippen molar-refractivity contribution in [3.63, 3.8) is 0 Å². The highest BCUT2D eigenvalue weighted by Crippen LogP contribution is 2.30. The highest BCUT2D eigenvalue weighted by atomic mass is 32.1. The number of nitrogens with one attached hydrogen (secondary N) is 1. The van der Waals surface area contributed by atoms with Crippen LogP contribution in [0.4, 0.5) is 5.13 Å². The van der Waals surface area contributed by atoms with E-state index in [1.54, 1.807) is 0 Å². The second-order valence-electron chi connectivity index (χ2n) is 6.30. The number of nitrogen functional groups attached to an aromatic ring is 1. The zero-order chi connectivity index (χ0) is 18.6. The molecular formula is C20H20N4O2S. The number of aromatic nitrogens is 2. The fourth-order valence-corrected chi connectivity index (χ4v) is 3.90. The number of anilines is 1. The lowest BCUT2D eigenvalue weighted by atomic mass is 9.92. The van der Waals surface area contributed by atoms with Gasteiger partial charge in [-0.25, -0.2) is 0 Å². The normalized spacial score (nSPS) is 14.1. The SMILES string of the molecule is Nc1nnc(CCNC(=O)c2ccc(C3=CCOCC3)c3ccccc23)s1. The molecule has 0 atom stereocenters. The van der Waals surface area contributed by atoms with Gasteiger partial charge in [-0.05, 0) is 34.4 Å². The van der Waals surface area contributed by atoms with E-state index in [2.05, 4.69) is 27.7 Å². The zero-order valence-corrected chi connectivity index (χ0v) is 15.6. The molecule has 3 aromatic rings. The number of benzene rings is 2. The molecule has 138 valence electrons. The van der Waals surface area contributed by atoms with Crippen molar-refractivity contribution in [3.8, 4) is 0 Å². The summed E-state index contributed by atoms with van der Waals surface area (Å²) >= 11 is 1.34. The predicted octanol–water partition coefficient (Wildman–Crippen LogP) is 3.05. The summed E-state index contributed by atoms with van der Waals surface area (Å²) in [7, 11) is 0. The fraction of sp³-hybridized carbons (Fsp3) is 0.250. The van der Waals surface area contributed by atoms with Gasteiger partial charge >= 0.3 is 0 Å². The van der Waals surface area contributed by atoms with E-state index in [0.717, 1.165) is 28.8 Å². The third-order valence-electron chi connectivity index (χ3n) is 4.58. The van der Waals surface area contributed by atoms with Crippen molar-refractivity contribution in [2.75, 3.05) is 25.5 Å². The number of carbonyl (C=O) groups excluding carboxylic acids is 1. The molecule has 0 saturated carbocycles. The number of rotatable bonds is 5. The Morgan fingerprint density at radius 3 is 2.78 bits per heavy atom. The molecule has 1 amide bonds. The summed E-state index contributed by atoms with van der Waals surface area (Å²) in [6.45, 7) is 1.87. The summed E-state index contributed by atoms with van der Waals surface area (Å²) in [4.78, 5) is 12.7. The summed E-state index contributed by atoms with van der Waals surface area (Å²) in [6, 6.07) is 12.0. The monoisotopic (exact) mass is 380 g/mol. The summed E-state index contributed by atoms with van der Waals surface area (Å²) in [5.41, 5.74) is 8.72. The first-order valence-electron chi connectivity index (χ1n) is 8.87. The van der Waals surface area contributed by atoms with Crippen LogP contribution in [0.3, 0.4) is 0 Å². The molecule has 0 radical (unpaired) electrons. The Balaban J connectivity index is 1.56. The largest absolute Gasteiger partial charge is 0.377 e. The van der Waals surface area contributed by atoms with E-state index in [4.69, 9.17) is 10.5 Å². The molecule has 6 nitrogen and oxygen atoms in total. The van der Waals surface area contributed by atoms with Crippen LogP contribution in [0.15, 0.2) is 42.5 Å². The Morgan fingerprint density at radius 1 is 1.19 bits per heavy atom. The van der Waals surface area contributed by atoms with Crippen LogP contribution >= 0.6 is 11.3 Å². The highest BCUT2D eigenvalue weighted by molar-refractivity contribution is 7.15. The molecule has 0 fully saturated rings. The van der Waals surface area contributed by atoms with E-state index >= 15 is 0 Å². The van der Waals surface area contributed by atoms with Crippen molar-refractivity contribution < 1.29 is 9.53 Å². The van der Waals surface area contributed by atoms with Crippen LogP contribution in [0.5, 0.6) is 0 Å². The molecular weight excluding hydrogens is 360 g/mol. The van der Waals surface area contributed by atoms with Gasteiger partial charge in [0, 0.05) is 18.5 Å². The van der Waals surface area contributed by atoms with Gasteiger partial charge in [-0.15, -0.1) is 10.2 Å². The van der Waals surface area contributed by atoms with Gasteiger partial charge in [-0.1, -0.05) is 47.7 Å². The van der Waals surface area contributed by atoms with E-state index < -0.39 is 0 Å². The molecule has 1 aliphatic rings. The topological polar surface area (TPSA) is 90.1 Å². The van der Waals surface area contributed by atoms with Gasteiger partial charge in [-0.3, -0.25) is 4.79 Å². The molecule has 1 aliphatic heterocycles. The summed E-state index contributed by atoms with van der Waals surface area (Å²) in [6.07, 6.45) is 3.63. The van der Waals surface area contributed by atoms with Gasteiger partial charge in [0.15, 0.2) is 0 Å². The Kier molecular flexibility index (Phi) is 5.13. The molecule has 0 spiro atoms. The van der Waals surface area contributed by atoms with Gasteiger partial charge < -0.3 is 15.8 Å². The van der Waals surface area contributed by atoms with Crippen LogP contribution in [0.2, 0.25) is 0 Å². The lowest BCUT2D eigenvalue weighted by Crippen LogP contribution is -2.26. The Morgan fingerprint density at radius 2 is 2.04 bits per heavy atom. The fourth-order valence-electron chi connectivity index (χ4n) is 3.29. The third-order valence-corrected chi connectivity index (χ3v) is 5.40. The minimum Gasteiger partial charge on any atom is -0.377 e. The van der Waals surface area contributed by atoms with Crippen LogP contribution in [0.1, 0.15) is 27.3 Å². The number of ether oxygens (including phenoxy) is 1. The molecule has 3 N–H and O–H groups in total. The molecule has 0 bridgehead atoms. The Bertz CT molecular complexity index is 1010. The summed E-state index contributed by atoms with van der Waals surface area (Å²) < 4.78 is 5.42.